The molecule has 4 bridgehead atoms. The number of carbonyl (C=O) groups is 1. The Morgan fingerprint density at radius 1 is 1.10 bits per heavy atom. The number of amides is 1. The van der Waals surface area contributed by atoms with Crippen molar-refractivity contribution in [2.24, 2.45) is 17.8 Å². The predicted molar refractivity (Wildman–Crippen MR) is 113 cm³/mol. The van der Waals surface area contributed by atoms with Crippen molar-refractivity contribution < 1.29 is 17.9 Å². The van der Waals surface area contributed by atoms with E-state index in [1.165, 1.54) is 19.3 Å². The summed E-state index contributed by atoms with van der Waals surface area (Å²) in [7, 11) is -3.59. The molecule has 2 N–H and O–H groups in total. The first-order valence-corrected chi connectivity index (χ1v) is 12.8. The van der Waals surface area contributed by atoms with Gasteiger partial charge < -0.3 is 10.1 Å². The maximum atomic E-state index is 12.8. The molecule has 1 aliphatic heterocycles. The summed E-state index contributed by atoms with van der Waals surface area (Å²) in [5.74, 6) is 2.60. The number of hydrogen-bond acceptors (Lipinski definition) is 4. The second-order valence-corrected chi connectivity index (χ2v) is 11.9. The van der Waals surface area contributed by atoms with Crippen LogP contribution in [0.4, 0.5) is 0 Å². The molecule has 5 aliphatic rings. The van der Waals surface area contributed by atoms with Gasteiger partial charge in [0, 0.05) is 25.4 Å². The molecule has 1 saturated heterocycles. The molecule has 1 heterocycles. The highest BCUT2D eigenvalue weighted by molar-refractivity contribution is 7.89. The van der Waals surface area contributed by atoms with Crippen LogP contribution in [-0.4, -0.2) is 39.1 Å². The Balaban J connectivity index is 1.18. The third-order valence-corrected chi connectivity index (χ3v) is 9.07. The lowest BCUT2D eigenvalue weighted by Gasteiger charge is -2.57. The van der Waals surface area contributed by atoms with Crippen LogP contribution in [0.5, 0.6) is 0 Å². The Bertz CT molecular complexity index is 876. The van der Waals surface area contributed by atoms with Crippen LogP contribution in [0.3, 0.4) is 0 Å². The average Bonchev–Trinajstić information content (AvgIpc) is 3.12. The van der Waals surface area contributed by atoms with E-state index >= 15 is 0 Å². The molecule has 2 atom stereocenters. The second kappa shape index (κ2) is 7.61. The number of hydrogen-bond donors (Lipinski definition) is 2. The van der Waals surface area contributed by atoms with Crippen LogP contribution in [0, 0.1) is 17.8 Å². The normalized spacial score (nSPS) is 36.1. The Morgan fingerprint density at radius 3 is 2.23 bits per heavy atom. The van der Waals surface area contributed by atoms with Gasteiger partial charge in [0.25, 0.3) is 0 Å². The van der Waals surface area contributed by atoms with Crippen molar-refractivity contribution in [3.8, 4) is 0 Å². The van der Waals surface area contributed by atoms with E-state index in [9.17, 15) is 13.2 Å². The van der Waals surface area contributed by atoms with E-state index in [0.29, 0.717) is 13.0 Å². The van der Waals surface area contributed by atoms with Gasteiger partial charge in [-0.3, -0.25) is 4.79 Å². The van der Waals surface area contributed by atoms with Gasteiger partial charge in [-0.1, -0.05) is 12.1 Å². The lowest BCUT2D eigenvalue weighted by molar-refractivity contribution is -0.182. The molecule has 1 amide bonds. The average molecular weight is 433 g/mol. The van der Waals surface area contributed by atoms with E-state index in [0.717, 1.165) is 42.6 Å². The van der Waals surface area contributed by atoms with Crippen LogP contribution in [0.1, 0.15) is 63.4 Å². The van der Waals surface area contributed by atoms with E-state index in [2.05, 4.69) is 10.0 Å². The van der Waals surface area contributed by atoms with Gasteiger partial charge in [0.15, 0.2) is 0 Å². The fourth-order valence-corrected chi connectivity index (χ4v) is 7.83. The van der Waals surface area contributed by atoms with Crippen molar-refractivity contribution in [1.29, 1.82) is 0 Å². The Hall–Kier alpha value is -1.44. The van der Waals surface area contributed by atoms with Crippen LogP contribution in [0.25, 0.3) is 0 Å². The third kappa shape index (κ3) is 4.04. The number of ether oxygens (including phenoxy) is 1. The van der Waals surface area contributed by atoms with Gasteiger partial charge in [-0.05, 0) is 80.9 Å². The van der Waals surface area contributed by atoms with Crippen molar-refractivity contribution in [1.82, 2.24) is 10.0 Å². The summed E-state index contributed by atoms with van der Waals surface area (Å²) >= 11 is 0. The maximum absolute atomic E-state index is 12.8. The molecular formula is C23H32N2O4S. The quantitative estimate of drug-likeness (QED) is 0.694. The summed E-state index contributed by atoms with van der Waals surface area (Å²) in [6, 6.07) is 6.89. The molecule has 1 aromatic rings. The summed E-state index contributed by atoms with van der Waals surface area (Å²) in [5, 5.41) is 2.82. The number of sulfonamides is 1. The van der Waals surface area contributed by atoms with Gasteiger partial charge in [-0.2, -0.15) is 0 Å². The minimum absolute atomic E-state index is 0.0198. The van der Waals surface area contributed by atoms with Gasteiger partial charge in [0.05, 0.1) is 16.6 Å². The fourth-order valence-electron chi connectivity index (χ4n) is 6.71. The zero-order valence-corrected chi connectivity index (χ0v) is 18.4. The monoisotopic (exact) mass is 432 g/mol. The van der Waals surface area contributed by atoms with Crippen molar-refractivity contribution in [2.75, 3.05) is 13.1 Å². The first-order chi connectivity index (χ1) is 14.3. The molecule has 1 aromatic carbocycles. The molecule has 6 nitrogen and oxygen atoms in total. The smallest absolute Gasteiger partial charge is 0.240 e. The van der Waals surface area contributed by atoms with Crippen LogP contribution in [-0.2, 0) is 19.6 Å². The molecular weight excluding hydrogens is 400 g/mol. The van der Waals surface area contributed by atoms with E-state index in [-0.39, 0.29) is 35.0 Å². The van der Waals surface area contributed by atoms with Crippen molar-refractivity contribution in [2.45, 2.75) is 74.4 Å². The first-order valence-electron chi connectivity index (χ1n) is 11.3. The summed E-state index contributed by atoms with van der Waals surface area (Å²) in [6.07, 6.45) is 7.86. The van der Waals surface area contributed by atoms with Gasteiger partial charge in [0.2, 0.25) is 15.9 Å². The minimum atomic E-state index is -3.59. The summed E-state index contributed by atoms with van der Waals surface area (Å²) in [6.45, 7) is 2.88. The number of nitrogens with one attached hydrogen (secondary N) is 2. The molecule has 4 saturated carbocycles. The second-order valence-electron chi connectivity index (χ2n) is 10.2. The number of carbonyl (C=O) groups excluding carboxylic acids is 1. The topological polar surface area (TPSA) is 84.5 Å². The van der Waals surface area contributed by atoms with Gasteiger partial charge in [-0.15, -0.1) is 0 Å². The van der Waals surface area contributed by atoms with Crippen LogP contribution < -0.4 is 10.0 Å². The van der Waals surface area contributed by atoms with Crippen molar-refractivity contribution in [3.05, 3.63) is 29.8 Å². The lowest BCUT2D eigenvalue weighted by atomic mass is 9.54. The Morgan fingerprint density at radius 2 is 1.70 bits per heavy atom. The first kappa shape index (κ1) is 20.5. The molecule has 7 heteroatoms. The van der Waals surface area contributed by atoms with Gasteiger partial charge in [0.1, 0.15) is 0 Å². The SMILES string of the molecule is C[C@H](CNS(=O)(=O)c1ccc([C@@H]2CNC(=O)C2)cc1)OC12CC3CC(CC(C3)C1)C2. The third-order valence-electron chi connectivity index (χ3n) is 7.63. The number of benzene rings is 1. The largest absolute Gasteiger partial charge is 0.371 e. The predicted octanol–water partition coefficient (Wildman–Crippen LogP) is 2.94. The summed E-state index contributed by atoms with van der Waals surface area (Å²) in [4.78, 5) is 11.7. The van der Waals surface area contributed by atoms with Gasteiger partial charge >= 0.3 is 0 Å². The lowest BCUT2D eigenvalue weighted by Crippen LogP contribution is -2.53. The standard InChI is InChI=1S/C23H32N2O4S/c1-15(29-23-10-16-6-17(11-23)8-18(7-16)12-23)13-25-30(27,28)21-4-2-19(3-5-21)20-9-22(26)24-14-20/h2-5,15-18,20,25H,6-14H2,1H3,(H,24,26)/t15-,16?,17?,18?,20+,23?/m1/s1. The molecule has 0 radical (unpaired) electrons. The molecule has 4 aliphatic carbocycles. The number of rotatable bonds is 7. The van der Waals surface area contributed by atoms with Crippen molar-refractivity contribution in [3.63, 3.8) is 0 Å². The Kier molecular flexibility index (Phi) is 5.19. The van der Waals surface area contributed by atoms with Crippen molar-refractivity contribution >= 4 is 15.9 Å². The molecule has 0 spiro atoms. The summed E-state index contributed by atoms with van der Waals surface area (Å²) in [5.41, 5.74) is 0.972. The zero-order valence-electron chi connectivity index (χ0n) is 17.6. The molecule has 0 aromatic heterocycles. The van der Waals surface area contributed by atoms with E-state index < -0.39 is 10.0 Å². The molecule has 164 valence electrons. The summed E-state index contributed by atoms with van der Waals surface area (Å²) < 4.78 is 34.8. The highest BCUT2D eigenvalue weighted by Crippen LogP contribution is 2.57. The molecule has 6 rings (SSSR count). The van der Waals surface area contributed by atoms with Crippen LogP contribution in [0.15, 0.2) is 29.2 Å². The molecule has 30 heavy (non-hydrogen) atoms. The van der Waals surface area contributed by atoms with Crippen LogP contribution >= 0.6 is 0 Å². The fraction of sp³-hybridized carbons (Fsp3) is 0.696. The minimum Gasteiger partial charge on any atom is -0.371 e. The van der Waals surface area contributed by atoms with E-state index in [1.807, 2.05) is 19.1 Å². The molecule has 0 unspecified atom stereocenters. The van der Waals surface area contributed by atoms with E-state index in [1.54, 1.807) is 12.1 Å². The highest BCUT2D eigenvalue weighted by Gasteiger charge is 2.52. The molecule has 5 fully saturated rings. The van der Waals surface area contributed by atoms with Crippen LogP contribution in [0.2, 0.25) is 0 Å². The zero-order chi connectivity index (χ0) is 20.9. The van der Waals surface area contributed by atoms with Gasteiger partial charge in [-0.25, -0.2) is 13.1 Å². The van der Waals surface area contributed by atoms with E-state index in [4.69, 9.17) is 4.74 Å². The highest BCUT2D eigenvalue weighted by atomic mass is 32.2. The Labute approximate surface area is 179 Å². The maximum Gasteiger partial charge on any atom is 0.240 e.